The molecular weight excluding hydrogens is 198 g/mol. The van der Waals surface area contributed by atoms with Gasteiger partial charge < -0.3 is 5.73 Å². The zero-order valence-electron chi connectivity index (χ0n) is 8.37. The van der Waals surface area contributed by atoms with Crippen molar-refractivity contribution in [1.82, 2.24) is 0 Å². The number of rotatable bonds is 3. The third-order valence-electron chi connectivity index (χ3n) is 2.23. The average molecular weight is 210 g/mol. The predicted octanol–water partition coefficient (Wildman–Crippen LogP) is 2.71. The summed E-state index contributed by atoms with van der Waals surface area (Å²) in [4.78, 5) is 0. The zero-order chi connectivity index (χ0) is 11.4. The number of alkyl halides is 2. The highest BCUT2D eigenvalue weighted by molar-refractivity contribution is 5.39. The predicted molar refractivity (Wildman–Crippen MR) is 53.3 cm³/mol. The Bertz CT molecular complexity index is 354. The van der Waals surface area contributed by atoms with Crippen LogP contribution in [0.25, 0.3) is 0 Å². The van der Waals surface area contributed by atoms with Gasteiger partial charge in [0.25, 0.3) is 6.43 Å². The molecule has 0 spiro atoms. The summed E-state index contributed by atoms with van der Waals surface area (Å²) in [5.41, 5.74) is 6.55. The highest BCUT2D eigenvalue weighted by Gasteiger charge is 2.17. The van der Waals surface area contributed by atoms with Gasteiger partial charge in [-0.2, -0.15) is 5.26 Å². The van der Waals surface area contributed by atoms with Crippen LogP contribution in [0.5, 0.6) is 0 Å². The van der Waals surface area contributed by atoms with Crippen LogP contribution in [-0.2, 0) is 6.42 Å². The number of hydrogen-bond acceptors (Lipinski definition) is 2. The van der Waals surface area contributed by atoms with Crippen molar-refractivity contribution in [1.29, 1.82) is 5.26 Å². The summed E-state index contributed by atoms with van der Waals surface area (Å²) >= 11 is 0. The first kappa shape index (κ1) is 11.6. The van der Waals surface area contributed by atoms with Gasteiger partial charge in [0.05, 0.1) is 12.5 Å². The lowest BCUT2D eigenvalue weighted by Crippen LogP contribution is -2.10. The molecule has 0 aliphatic heterocycles. The maximum atomic E-state index is 12.6. The summed E-state index contributed by atoms with van der Waals surface area (Å²) in [7, 11) is 0. The van der Waals surface area contributed by atoms with Crippen molar-refractivity contribution in [2.75, 3.05) is 0 Å². The molecule has 0 fully saturated rings. The Hall–Kier alpha value is -1.47. The standard InChI is InChI=1S/C11H12F2N2/c1-7(15)8-3-2-4-10(11(12)13)9(8)5-6-14/h2-4,7,11H,5,15H2,1H3/t7-/m1/s1. The summed E-state index contributed by atoms with van der Waals surface area (Å²) in [6, 6.07) is 6.11. The second-order valence-corrected chi connectivity index (χ2v) is 3.34. The molecule has 2 nitrogen and oxygen atoms in total. The molecule has 1 aromatic carbocycles. The molecule has 0 unspecified atom stereocenters. The normalized spacial score (nSPS) is 12.5. The SMILES string of the molecule is C[C@@H](N)c1cccc(C(F)F)c1CC#N. The second-order valence-electron chi connectivity index (χ2n) is 3.34. The van der Waals surface area contributed by atoms with E-state index in [1.807, 2.05) is 6.07 Å². The van der Waals surface area contributed by atoms with Crippen LogP contribution in [-0.4, -0.2) is 0 Å². The Morgan fingerprint density at radius 3 is 2.47 bits per heavy atom. The van der Waals surface area contributed by atoms with Gasteiger partial charge in [0.1, 0.15) is 0 Å². The molecule has 1 aromatic rings. The van der Waals surface area contributed by atoms with E-state index >= 15 is 0 Å². The molecule has 0 aromatic heterocycles. The van der Waals surface area contributed by atoms with Crippen molar-refractivity contribution < 1.29 is 8.78 Å². The van der Waals surface area contributed by atoms with Gasteiger partial charge in [0, 0.05) is 11.6 Å². The number of halogens is 2. The molecule has 1 rings (SSSR count). The maximum Gasteiger partial charge on any atom is 0.264 e. The summed E-state index contributed by atoms with van der Waals surface area (Å²) in [6.45, 7) is 1.71. The van der Waals surface area contributed by atoms with Crippen molar-refractivity contribution in [2.24, 2.45) is 5.73 Å². The summed E-state index contributed by atoms with van der Waals surface area (Å²) in [5.74, 6) is 0. The third kappa shape index (κ3) is 2.51. The molecule has 80 valence electrons. The zero-order valence-corrected chi connectivity index (χ0v) is 8.37. The van der Waals surface area contributed by atoms with Crippen LogP contribution in [0, 0.1) is 11.3 Å². The molecule has 0 saturated heterocycles. The Labute approximate surface area is 87.3 Å². The molecule has 2 N–H and O–H groups in total. The topological polar surface area (TPSA) is 49.8 Å². The minimum absolute atomic E-state index is 0.0304. The van der Waals surface area contributed by atoms with Crippen LogP contribution in [0.2, 0.25) is 0 Å². The fourth-order valence-corrected chi connectivity index (χ4v) is 1.54. The van der Waals surface area contributed by atoms with E-state index in [4.69, 9.17) is 11.0 Å². The van der Waals surface area contributed by atoms with E-state index in [0.717, 1.165) is 0 Å². The van der Waals surface area contributed by atoms with Crippen LogP contribution in [0.15, 0.2) is 18.2 Å². The molecule has 4 heteroatoms. The quantitative estimate of drug-likeness (QED) is 0.833. The van der Waals surface area contributed by atoms with E-state index in [1.165, 1.54) is 6.07 Å². The summed E-state index contributed by atoms with van der Waals surface area (Å²) in [5, 5.41) is 8.60. The van der Waals surface area contributed by atoms with Crippen LogP contribution in [0.4, 0.5) is 8.78 Å². The Morgan fingerprint density at radius 1 is 1.40 bits per heavy atom. The Morgan fingerprint density at radius 2 is 2.00 bits per heavy atom. The van der Waals surface area contributed by atoms with Crippen LogP contribution in [0.3, 0.4) is 0 Å². The van der Waals surface area contributed by atoms with Crippen molar-refractivity contribution in [3.8, 4) is 6.07 Å². The fourth-order valence-electron chi connectivity index (χ4n) is 1.54. The number of nitriles is 1. The number of nitrogens with two attached hydrogens (primary N) is 1. The molecule has 15 heavy (non-hydrogen) atoms. The van der Waals surface area contributed by atoms with E-state index in [-0.39, 0.29) is 18.0 Å². The van der Waals surface area contributed by atoms with Crippen molar-refractivity contribution >= 4 is 0 Å². The Kier molecular flexibility index (Phi) is 3.75. The van der Waals surface area contributed by atoms with E-state index in [1.54, 1.807) is 19.1 Å². The first-order valence-electron chi connectivity index (χ1n) is 4.60. The largest absolute Gasteiger partial charge is 0.324 e. The lowest BCUT2D eigenvalue weighted by atomic mass is 9.95. The van der Waals surface area contributed by atoms with Gasteiger partial charge >= 0.3 is 0 Å². The summed E-state index contributed by atoms with van der Waals surface area (Å²) < 4.78 is 25.3. The van der Waals surface area contributed by atoms with Crippen LogP contribution < -0.4 is 5.73 Å². The van der Waals surface area contributed by atoms with Gasteiger partial charge in [-0.05, 0) is 18.1 Å². The van der Waals surface area contributed by atoms with Crippen molar-refractivity contribution in [3.05, 3.63) is 34.9 Å². The smallest absolute Gasteiger partial charge is 0.264 e. The molecular formula is C11H12F2N2. The van der Waals surface area contributed by atoms with E-state index in [9.17, 15) is 8.78 Å². The van der Waals surface area contributed by atoms with Gasteiger partial charge in [0.15, 0.2) is 0 Å². The molecule has 0 radical (unpaired) electrons. The van der Waals surface area contributed by atoms with Crippen molar-refractivity contribution in [3.63, 3.8) is 0 Å². The molecule has 1 atom stereocenters. The van der Waals surface area contributed by atoms with Gasteiger partial charge in [0.2, 0.25) is 0 Å². The first-order valence-corrected chi connectivity index (χ1v) is 4.60. The Balaban J connectivity index is 3.29. The van der Waals surface area contributed by atoms with Gasteiger partial charge in [-0.3, -0.25) is 0 Å². The molecule has 0 bridgehead atoms. The maximum absolute atomic E-state index is 12.6. The van der Waals surface area contributed by atoms with Gasteiger partial charge in [-0.15, -0.1) is 0 Å². The van der Waals surface area contributed by atoms with Crippen LogP contribution >= 0.6 is 0 Å². The number of benzene rings is 1. The summed E-state index contributed by atoms with van der Waals surface area (Å²) in [6.07, 6.45) is -2.59. The first-order chi connectivity index (χ1) is 7.07. The number of nitrogens with zero attached hydrogens (tertiary/aromatic N) is 1. The highest BCUT2D eigenvalue weighted by Crippen LogP contribution is 2.28. The molecule has 0 saturated carbocycles. The lowest BCUT2D eigenvalue weighted by Gasteiger charge is -2.14. The van der Waals surface area contributed by atoms with Crippen molar-refractivity contribution in [2.45, 2.75) is 25.8 Å². The minimum atomic E-state index is -2.56. The van der Waals surface area contributed by atoms with E-state index in [0.29, 0.717) is 11.1 Å². The molecule has 0 amide bonds. The second kappa shape index (κ2) is 4.85. The van der Waals surface area contributed by atoms with E-state index in [2.05, 4.69) is 0 Å². The average Bonchev–Trinajstić information content (AvgIpc) is 2.17. The fraction of sp³-hybridized carbons (Fsp3) is 0.364. The molecule has 0 aliphatic carbocycles. The van der Waals surface area contributed by atoms with E-state index < -0.39 is 6.43 Å². The van der Waals surface area contributed by atoms with Gasteiger partial charge in [-0.25, -0.2) is 8.78 Å². The lowest BCUT2D eigenvalue weighted by molar-refractivity contribution is 0.150. The molecule has 0 heterocycles. The van der Waals surface area contributed by atoms with Gasteiger partial charge in [-0.1, -0.05) is 18.2 Å². The minimum Gasteiger partial charge on any atom is -0.324 e. The molecule has 0 aliphatic rings. The monoisotopic (exact) mass is 210 g/mol. The third-order valence-corrected chi connectivity index (χ3v) is 2.23. The highest BCUT2D eigenvalue weighted by atomic mass is 19.3. The number of hydrogen-bond donors (Lipinski definition) is 1. The van der Waals surface area contributed by atoms with Crippen LogP contribution in [0.1, 0.15) is 36.1 Å².